The summed E-state index contributed by atoms with van der Waals surface area (Å²) < 4.78 is 27.5. The highest BCUT2D eigenvalue weighted by atomic mass is 32.2. The first-order valence-corrected chi connectivity index (χ1v) is 8.02. The predicted octanol–water partition coefficient (Wildman–Crippen LogP) is 2.37. The zero-order chi connectivity index (χ0) is 14.5. The van der Waals surface area contributed by atoms with Crippen LogP contribution in [0.1, 0.15) is 40.5 Å². The Morgan fingerprint density at radius 2 is 2.00 bits per heavy atom. The molecule has 0 aliphatic heterocycles. The van der Waals surface area contributed by atoms with Gasteiger partial charge in [-0.25, -0.2) is 13.1 Å². The number of hydrogen-bond donors (Lipinski definition) is 2. The Bertz CT molecular complexity index is 512. The van der Waals surface area contributed by atoms with E-state index in [1.54, 1.807) is 12.3 Å². The molecule has 0 saturated carbocycles. The predicted molar refractivity (Wildman–Crippen MR) is 77.7 cm³/mol. The first-order valence-electron chi connectivity index (χ1n) is 6.54. The van der Waals surface area contributed by atoms with Gasteiger partial charge in [0.15, 0.2) is 0 Å². The largest absolute Gasteiger partial charge is 0.384 e. The number of hydrogen-bond acceptors (Lipinski definition) is 4. The topological polar surface area (TPSA) is 71.1 Å². The van der Waals surface area contributed by atoms with Crippen molar-refractivity contribution in [2.75, 3.05) is 11.9 Å². The van der Waals surface area contributed by atoms with Crippen LogP contribution in [0.4, 0.5) is 5.69 Å². The monoisotopic (exact) mass is 285 g/mol. The Kier molecular flexibility index (Phi) is 5.31. The summed E-state index contributed by atoms with van der Waals surface area (Å²) in [5.74, 6) is 0. The van der Waals surface area contributed by atoms with Crippen molar-refractivity contribution in [3.8, 4) is 0 Å². The lowest BCUT2D eigenvalue weighted by Crippen LogP contribution is -2.42. The molecule has 1 aromatic rings. The van der Waals surface area contributed by atoms with Crippen LogP contribution in [0, 0.1) is 0 Å². The maximum Gasteiger partial charge on any atom is 0.244 e. The molecular weight excluding hydrogens is 262 g/mol. The van der Waals surface area contributed by atoms with Crippen molar-refractivity contribution in [1.82, 2.24) is 9.71 Å². The van der Waals surface area contributed by atoms with E-state index in [1.807, 2.05) is 27.7 Å². The third kappa shape index (κ3) is 4.47. The molecule has 1 aromatic heterocycles. The van der Waals surface area contributed by atoms with Crippen LogP contribution in [0.3, 0.4) is 0 Å². The standard InChI is InChI=1S/C13H23N3O2S/c1-5-8-15-11-7-9-14-10-12(11)19(17,18)16-13(3,4)6-2/h7,9-10,16H,5-6,8H2,1-4H3,(H,14,15). The van der Waals surface area contributed by atoms with Gasteiger partial charge in [0.25, 0.3) is 0 Å². The molecule has 6 heteroatoms. The fourth-order valence-electron chi connectivity index (χ4n) is 1.49. The second kappa shape index (κ2) is 6.34. The van der Waals surface area contributed by atoms with Gasteiger partial charge in [-0.2, -0.15) is 0 Å². The first-order chi connectivity index (χ1) is 8.82. The quantitative estimate of drug-likeness (QED) is 0.807. The average Bonchev–Trinajstić information content (AvgIpc) is 2.35. The molecule has 0 aromatic carbocycles. The highest BCUT2D eigenvalue weighted by molar-refractivity contribution is 7.89. The van der Waals surface area contributed by atoms with Crippen LogP contribution in [0.2, 0.25) is 0 Å². The van der Waals surface area contributed by atoms with Crippen LogP contribution in [-0.2, 0) is 10.0 Å². The van der Waals surface area contributed by atoms with Crippen molar-refractivity contribution in [3.05, 3.63) is 18.5 Å². The molecule has 0 saturated heterocycles. The highest BCUT2D eigenvalue weighted by Crippen LogP contribution is 2.22. The Balaban J connectivity index is 3.07. The third-order valence-corrected chi connectivity index (χ3v) is 4.66. The van der Waals surface area contributed by atoms with Gasteiger partial charge in [0.2, 0.25) is 10.0 Å². The number of anilines is 1. The molecule has 2 N–H and O–H groups in total. The van der Waals surface area contributed by atoms with E-state index in [2.05, 4.69) is 15.0 Å². The number of aromatic nitrogens is 1. The van der Waals surface area contributed by atoms with Crippen molar-refractivity contribution in [2.45, 2.75) is 51.0 Å². The lowest BCUT2D eigenvalue weighted by atomic mass is 10.0. The summed E-state index contributed by atoms with van der Waals surface area (Å²) in [7, 11) is -3.57. The van der Waals surface area contributed by atoms with Crippen LogP contribution >= 0.6 is 0 Å². The molecule has 1 heterocycles. The molecule has 0 amide bonds. The van der Waals surface area contributed by atoms with Crippen molar-refractivity contribution in [1.29, 1.82) is 0 Å². The lowest BCUT2D eigenvalue weighted by molar-refractivity contribution is 0.439. The van der Waals surface area contributed by atoms with Gasteiger partial charge in [-0.05, 0) is 32.8 Å². The lowest BCUT2D eigenvalue weighted by Gasteiger charge is -2.24. The van der Waals surface area contributed by atoms with E-state index in [0.29, 0.717) is 12.1 Å². The van der Waals surface area contributed by atoms with Crippen molar-refractivity contribution in [2.24, 2.45) is 0 Å². The van der Waals surface area contributed by atoms with E-state index in [1.165, 1.54) is 6.20 Å². The molecule has 0 unspecified atom stereocenters. The molecule has 1 rings (SSSR count). The number of rotatable bonds is 7. The van der Waals surface area contributed by atoms with Crippen LogP contribution in [0.5, 0.6) is 0 Å². The summed E-state index contributed by atoms with van der Waals surface area (Å²) in [5, 5.41) is 3.11. The first kappa shape index (κ1) is 15.9. The Hall–Kier alpha value is -1.14. The summed E-state index contributed by atoms with van der Waals surface area (Å²) in [6.07, 6.45) is 4.61. The number of nitrogens with zero attached hydrogens (tertiary/aromatic N) is 1. The molecule has 108 valence electrons. The van der Waals surface area contributed by atoms with E-state index < -0.39 is 15.6 Å². The summed E-state index contributed by atoms with van der Waals surface area (Å²) in [5.41, 5.74) is 0.118. The fourth-order valence-corrected chi connectivity index (χ4v) is 3.10. The second-order valence-electron chi connectivity index (χ2n) is 5.14. The van der Waals surface area contributed by atoms with E-state index >= 15 is 0 Å². The molecule has 0 radical (unpaired) electrons. The number of sulfonamides is 1. The molecule has 5 nitrogen and oxygen atoms in total. The van der Waals surface area contributed by atoms with Crippen molar-refractivity contribution in [3.63, 3.8) is 0 Å². The van der Waals surface area contributed by atoms with E-state index in [4.69, 9.17) is 0 Å². The van der Waals surface area contributed by atoms with Crippen LogP contribution in [0.15, 0.2) is 23.4 Å². The molecule has 0 aliphatic carbocycles. The Morgan fingerprint density at radius 3 is 2.58 bits per heavy atom. The Morgan fingerprint density at radius 1 is 1.32 bits per heavy atom. The normalized spacial score (nSPS) is 12.4. The van der Waals surface area contributed by atoms with E-state index in [9.17, 15) is 8.42 Å². The van der Waals surface area contributed by atoms with Crippen molar-refractivity contribution >= 4 is 15.7 Å². The number of nitrogens with one attached hydrogen (secondary N) is 2. The molecule has 0 atom stereocenters. The average molecular weight is 285 g/mol. The molecule has 0 fully saturated rings. The number of pyridine rings is 1. The molecule has 19 heavy (non-hydrogen) atoms. The van der Waals surface area contributed by atoms with E-state index in [0.717, 1.165) is 13.0 Å². The van der Waals surface area contributed by atoms with Crippen LogP contribution in [0.25, 0.3) is 0 Å². The third-order valence-electron chi connectivity index (χ3n) is 2.93. The fraction of sp³-hybridized carbons (Fsp3) is 0.615. The van der Waals surface area contributed by atoms with Gasteiger partial charge in [-0.1, -0.05) is 13.8 Å². The second-order valence-corrected chi connectivity index (χ2v) is 6.79. The van der Waals surface area contributed by atoms with Gasteiger partial charge in [0.05, 0.1) is 5.69 Å². The highest BCUT2D eigenvalue weighted by Gasteiger charge is 2.26. The Labute approximate surface area is 115 Å². The van der Waals surface area contributed by atoms with Gasteiger partial charge in [0, 0.05) is 24.5 Å². The minimum Gasteiger partial charge on any atom is -0.384 e. The zero-order valence-corrected chi connectivity index (χ0v) is 12.8. The maximum absolute atomic E-state index is 12.4. The minimum absolute atomic E-state index is 0.199. The smallest absolute Gasteiger partial charge is 0.244 e. The van der Waals surface area contributed by atoms with Gasteiger partial charge in [-0.15, -0.1) is 0 Å². The van der Waals surface area contributed by atoms with Crippen LogP contribution < -0.4 is 10.0 Å². The zero-order valence-electron chi connectivity index (χ0n) is 12.0. The molecule has 0 aliphatic rings. The van der Waals surface area contributed by atoms with Gasteiger partial charge >= 0.3 is 0 Å². The molecular formula is C13H23N3O2S. The summed E-state index contributed by atoms with van der Waals surface area (Å²) in [4.78, 5) is 4.12. The summed E-state index contributed by atoms with van der Waals surface area (Å²) in [6, 6.07) is 1.68. The summed E-state index contributed by atoms with van der Waals surface area (Å²) in [6.45, 7) is 8.42. The van der Waals surface area contributed by atoms with Gasteiger partial charge < -0.3 is 5.32 Å². The molecule has 0 spiro atoms. The van der Waals surface area contributed by atoms with Crippen molar-refractivity contribution < 1.29 is 8.42 Å². The SMILES string of the molecule is CCCNc1ccncc1S(=O)(=O)NC(C)(C)CC. The van der Waals surface area contributed by atoms with Crippen LogP contribution in [-0.4, -0.2) is 25.5 Å². The maximum atomic E-state index is 12.4. The summed E-state index contributed by atoms with van der Waals surface area (Å²) >= 11 is 0. The minimum atomic E-state index is -3.57. The van der Waals surface area contributed by atoms with Gasteiger partial charge in [0.1, 0.15) is 4.90 Å². The van der Waals surface area contributed by atoms with Gasteiger partial charge in [-0.3, -0.25) is 4.98 Å². The molecule has 0 bridgehead atoms. The van der Waals surface area contributed by atoms with E-state index in [-0.39, 0.29) is 4.90 Å².